The highest BCUT2D eigenvalue weighted by Gasteiger charge is 2.23. The Morgan fingerprint density at radius 2 is 1.88 bits per heavy atom. The van der Waals surface area contributed by atoms with Crippen LogP contribution in [0.25, 0.3) is 0 Å². The highest BCUT2D eigenvalue weighted by Crippen LogP contribution is 2.25. The molecule has 1 aromatic carbocycles. The predicted molar refractivity (Wildman–Crippen MR) is 68.6 cm³/mol. The second kappa shape index (κ2) is 6.40. The largest absolute Gasteiger partial charge is 0.381 e. The van der Waals surface area contributed by atoms with Gasteiger partial charge in [-0.05, 0) is 24.8 Å². The van der Waals surface area contributed by atoms with Crippen LogP contribution in [0.1, 0.15) is 31.7 Å². The van der Waals surface area contributed by atoms with Gasteiger partial charge in [-0.25, -0.2) is 0 Å². The molecule has 0 aliphatic carbocycles. The van der Waals surface area contributed by atoms with Gasteiger partial charge in [0.2, 0.25) is 5.91 Å². The van der Waals surface area contributed by atoms with Gasteiger partial charge in [-0.1, -0.05) is 37.3 Å². The maximum Gasteiger partial charge on any atom is 0.224 e. The number of primary amides is 1. The normalized spacial score (nSPS) is 16.2. The van der Waals surface area contributed by atoms with Crippen molar-refractivity contribution in [2.75, 3.05) is 7.11 Å². The molecule has 0 fully saturated rings. The molecule has 0 saturated heterocycles. The fourth-order valence-corrected chi connectivity index (χ4v) is 1.90. The van der Waals surface area contributed by atoms with Crippen LogP contribution in [0, 0.1) is 5.92 Å². The summed E-state index contributed by atoms with van der Waals surface area (Å²) in [4.78, 5) is 11.5. The summed E-state index contributed by atoms with van der Waals surface area (Å²) in [5.74, 6) is -0.215. The minimum atomic E-state index is -0.272. The van der Waals surface area contributed by atoms with Gasteiger partial charge < -0.3 is 10.5 Å². The van der Waals surface area contributed by atoms with Gasteiger partial charge in [0, 0.05) is 7.11 Å². The maximum absolute atomic E-state index is 11.5. The van der Waals surface area contributed by atoms with Crippen LogP contribution in [-0.4, -0.2) is 19.1 Å². The number of amides is 1. The van der Waals surface area contributed by atoms with Crippen molar-refractivity contribution in [3.05, 3.63) is 35.9 Å². The van der Waals surface area contributed by atoms with Crippen LogP contribution in [0.2, 0.25) is 0 Å². The van der Waals surface area contributed by atoms with Gasteiger partial charge in [-0.3, -0.25) is 4.79 Å². The molecule has 3 unspecified atom stereocenters. The van der Waals surface area contributed by atoms with E-state index in [1.165, 1.54) is 0 Å². The van der Waals surface area contributed by atoms with E-state index >= 15 is 0 Å². The molecule has 0 aromatic heterocycles. The van der Waals surface area contributed by atoms with Crippen molar-refractivity contribution < 1.29 is 9.53 Å². The molecule has 0 saturated carbocycles. The summed E-state index contributed by atoms with van der Waals surface area (Å²) < 4.78 is 5.28. The predicted octanol–water partition coefficient (Wildman–Crippen LogP) is 2.32. The SMILES string of the molecule is COC(C)C(C)CC(C(N)=O)c1ccccc1. The minimum Gasteiger partial charge on any atom is -0.381 e. The molecule has 1 aromatic rings. The number of ether oxygens (including phenoxy) is 1. The molecule has 3 atom stereocenters. The standard InChI is InChI=1S/C14H21NO2/c1-10(11(2)17-3)9-13(14(15)16)12-7-5-4-6-8-12/h4-8,10-11,13H,9H2,1-3H3,(H2,15,16). The van der Waals surface area contributed by atoms with Gasteiger partial charge in [0.1, 0.15) is 0 Å². The van der Waals surface area contributed by atoms with E-state index in [0.717, 1.165) is 5.56 Å². The lowest BCUT2D eigenvalue weighted by atomic mass is 9.87. The molecule has 0 heterocycles. The maximum atomic E-state index is 11.5. The molecule has 94 valence electrons. The van der Waals surface area contributed by atoms with E-state index in [1.807, 2.05) is 37.3 Å². The number of nitrogens with two attached hydrogens (primary N) is 1. The Hall–Kier alpha value is -1.35. The summed E-state index contributed by atoms with van der Waals surface area (Å²) in [7, 11) is 1.68. The van der Waals surface area contributed by atoms with E-state index in [4.69, 9.17) is 10.5 Å². The van der Waals surface area contributed by atoms with Gasteiger partial charge in [-0.15, -0.1) is 0 Å². The molecule has 2 N–H and O–H groups in total. The van der Waals surface area contributed by atoms with Crippen molar-refractivity contribution in [2.24, 2.45) is 11.7 Å². The second-order valence-corrected chi connectivity index (χ2v) is 4.52. The van der Waals surface area contributed by atoms with Crippen LogP contribution in [0.3, 0.4) is 0 Å². The van der Waals surface area contributed by atoms with Crippen molar-refractivity contribution in [3.63, 3.8) is 0 Å². The van der Waals surface area contributed by atoms with E-state index in [1.54, 1.807) is 7.11 Å². The number of carbonyl (C=O) groups excluding carboxylic acids is 1. The summed E-state index contributed by atoms with van der Waals surface area (Å²) in [5, 5.41) is 0. The summed E-state index contributed by atoms with van der Waals surface area (Å²) in [6.45, 7) is 4.08. The molecular weight excluding hydrogens is 214 g/mol. The van der Waals surface area contributed by atoms with Gasteiger partial charge in [0.15, 0.2) is 0 Å². The molecule has 3 heteroatoms. The lowest BCUT2D eigenvalue weighted by molar-refractivity contribution is -0.120. The Morgan fingerprint density at radius 1 is 1.29 bits per heavy atom. The van der Waals surface area contributed by atoms with Gasteiger partial charge in [-0.2, -0.15) is 0 Å². The Labute approximate surface area is 103 Å². The number of methoxy groups -OCH3 is 1. The van der Waals surface area contributed by atoms with Crippen LogP contribution < -0.4 is 5.73 Å². The van der Waals surface area contributed by atoms with E-state index in [-0.39, 0.29) is 23.8 Å². The number of hydrogen-bond donors (Lipinski definition) is 1. The van der Waals surface area contributed by atoms with Crippen LogP contribution in [0.15, 0.2) is 30.3 Å². The molecule has 0 aliphatic rings. The van der Waals surface area contributed by atoms with E-state index in [0.29, 0.717) is 6.42 Å². The minimum absolute atomic E-state index is 0.126. The molecule has 0 spiro atoms. The highest BCUT2D eigenvalue weighted by atomic mass is 16.5. The number of benzene rings is 1. The molecule has 1 rings (SSSR count). The van der Waals surface area contributed by atoms with E-state index in [9.17, 15) is 4.79 Å². The molecule has 0 bridgehead atoms. The smallest absolute Gasteiger partial charge is 0.224 e. The summed E-state index contributed by atoms with van der Waals surface area (Å²) in [6, 6.07) is 9.67. The third-order valence-corrected chi connectivity index (χ3v) is 3.33. The Morgan fingerprint density at radius 3 is 2.35 bits per heavy atom. The lowest BCUT2D eigenvalue weighted by Crippen LogP contribution is -2.26. The topological polar surface area (TPSA) is 52.3 Å². The zero-order valence-electron chi connectivity index (χ0n) is 10.7. The first kappa shape index (κ1) is 13.7. The Balaban J connectivity index is 2.78. The van der Waals surface area contributed by atoms with Crippen molar-refractivity contribution >= 4 is 5.91 Å². The summed E-state index contributed by atoms with van der Waals surface area (Å²) >= 11 is 0. The fourth-order valence-electron chi connectivity index (χ4n) is 1.90. The van der Waals surface area contributed by atoms with Crippen LogP contribution in [0.4, 0.5) is 0 Å². The molecule has 17 heavy (non-hydrogen) atoms. The monoisotopic (exact) mass is 235 g/mol. The lowest BCUT2D eigenvalue weighted by Gasteiger charge is -2.23. The summed E-state index contributed by atoms with van der Waals surface area (Å²) in [6.07, 6.45) is 0.842. The molecule has 1 amide bonds. The molecular formula is C14H21NO2. The Kier molecular flexibility index (Phi) is 5.16. The van der Waals surface area contributed by atoms with Gasteiger partial charge >= 0.3 is 0 Å². The third-order valence-electron chi connectivity index (χ3n) is 3.33. The fraction of sp³-hybridized carbons (Fsp3) is 0.500. The van der Waals surface area contributed by atoms with Crippen molar-refractivity contribution in [1.29, 1.82) is 0 Å². The van der Waals surface area contributed by atoms with Crippen LogP contribution >= 0.6 is 0 Å². The highest BCUT2D eigenvalue weighted by molar-refractivity contribution is 5.81. The molecule has 3 nitrogen and oxygen atoms in total. The van der Waals surface area contributed by atoms with Gasteiger partial charge in [0.25, 0.3) is 0 Å². The average molecular weight is 235 g/mol. The molecule has 0 aliphatic heterocycles. The zero-order chi connectivity index (χ0) is 12.8. The first-order valence-electron chi connectivity index (χ1n) is 5.93. The first-order valence-corrected chi connectivity index (χ1v) is 5.93. The van der Waals surface area contributed by atoms with E-state index in [2.05, 4.69) is 6.92 Å². The number of rotatable bonds is 6. The first-order chi connectivity index (χ1) is 8.06. The number of carbonyl (C=O) groups is 1. The Bertz CT molecular complexity index is 350. The second-order valence-electron chi connectivity index (χ2n) is 4.52. The van der Waals surface area contributed by atoms with Gasteiger partial charge in [0.05, 0.1) is 12.0 Å². The average Bonchev–Trinajstić information content (AvgIpc) is 2.35. The quantitative estimate of drug-likeness (QED) is 0.822. The van der Waals surface area contributed by atoms with Crippen molar-refractivity contribution in [3.8, 4) is 0 Å². The summed E-state index contributed by atoms with van der Waals surface area (Å²) in [5.41, 5.74) is 6.46. The zero-order valence-corrected chi connectivity index (χ0v) is 10.7. The van der Waals surface area contributed by atoms with E-state index < -0.39 is 0 Å². The van der Waals surface area contributed by atoms with Crippen molar-refractivity contribution in [1.82, 2.24) is 0 Å². The van der Waals surface area contributed by atoms with Crippen LogP contribution in [-0.2, 0) is 9.53 Å². The molecule has 0 radical (unpaired) electrons. The van der Waals surface area contributed by atoms with Crippen LogP contribution in [0.5, 0.6) is 0 Å². The third kappa shape index (κ3) is 3.86. The number of hydrogen-bond acceptors (Lipinski definition) is 2. The van der Waals surface area contributed by atoms with Crippen molar-refractivity contribution in [2.45, 2.75) is 32.3 Å².